The minimum Gasteiger partial charge on any atom is -0.489 e. The first-order valence-electron chi connectivity index (χ1n) is 9.38. The lowest BCUT2D eigenvalue weighted by Crippen LogP contribution is -2.34. The Labute approximate surface area is 167 Å². The molecule has 0 radical (unpaired) electrons. The standard InChI is InChI=1S/C22H22FNO3S/c1-24(13-16-9-6-12-26-16)22(25)21-17(14-27-15-7-3-2-4-8-15)20-18(23)10-5-11-19(20)28-21/h2-5,7-8,10-11,16H,6,9,12-14H2,1H3. The zero-order chi connectivity index (χ0) is 19.5. The Kier molecular flexibility index (Phi) is 5.59. The van der Waals surface area contributed by atoms with Gasteiger partial charge in [0.2, 0.25) is 0 Å². The summed E-state index contributed by atoms with van der Waals surface area (Å²) < 4.78 is 26.8. The van der Waals surface area contributed by atoms with E-state index in [1.165, 1.54) is 17.4 Å². The van der Waals surface area contributed by atoms with Gasteiger partial charge in [-0.05, 0) is 37.1 Å². The van der Waals surface area contributed by atoms with Gasteiger partial charge >= 0.3 is 0 Å². The second-order valence-electron chi connectivity index (χ2n) is 6.95. The summed E-state index contributed by atoms with van der Waals surface area (Å²) in [5.74, 6) is 0.230. The van der Waals surface area contributed by atoms with Crippen molar-refractivity contribution in [2.75, 3.05) is 20.2 Å². The van der Waals surface area contributed by atoms with Gasteiger partial charge in [-0.25, -0.2) is 4.39 Å². The van der Waals surface area contributed by atoms with Crippen LogP contribution in [0, 0.1) is 5.82 Å². The van der Waals surface area contributed by atoms with Crippen LogP contribution in [-0.4, -0.2) is 37.1 Å². The van der Waals surface area contributed by atoms with E-state index >= 15 is 0 Å². The second kappa shape index (κ2) is 8.29. The molecule has 0 N–H and O–H groups in total. The largest absolute Gasteiger partial charge is 0.489 e. The Morgan fingerprint density at radius 1 is 1.25 bits per heavy atom. The van der Waals surface area contributed by atoms with Gasteiger partial charge < -0.3 is 14.4 Å². The van der Waals surface area contributed by atoms with Gasteiger partial charge in [-0.15, -0.1) is 11.3 Å². The smallest absolute Gasteiger partial charge is 0.264 e. The molecule has 1 amide bonds. The Hall–Kier alpha value is -2.44. The fourth-order valence-corrected chi connectivity index (χ4v) is 4.72. The summed E-state index contributed by atoms with van der Waals surface area (Å²) in [6.07, 6.45) is 2.06. The number of amides is 1. The van der Waals surface area contributed by atoms with Crippen molar-refractivity contribution in [2.45, 2.75) is 25.6 Å². The molecule has 0 spiro atoms. The highest BCUT2D eigenvalue weighted by Gasteiger charge is 2.26. The fourth-order valence-electron chi connectivity index (χ4n) is 3.50. The van der Waals surface area contributed by atoms with Gasteiger partial charge in [0.1, 0.15) is 18.2 Å². The Morgan fingerprint density at radius 3 is 2.82 bits per heavy atom. The maximum atomic E-state index is 14.6. The number of thiophene rings is 1. The number of hydrogen-bond donors (Lipinski definition) is 0. The SMILES string of the molecule is CN(CC1CCCO1)C(=O)c1sc2cccc(F)c2c1COc1ccccc1. The van der Waals surface area contributed by atoms with Crippen molar-refractivity contribution in [3.8, 4) is 5.75 Å². The first-order valence-corrected chi connectivity index (χ1v) is 10.2. The molecule has 4 rings (SSSR count). The van der Waals surface area contributed by atoms with E-state index in [9.17, 15) is 9.18 Å². The van der Waals surface area contributed by atoms with E-state index in [1.807, 2.05) is 36.4 Å². The van der Waals surface area contributed by atoms with Crippen molar-refractivity contribution in [1.82, 2.24) is 4.90 Å². The number of likely N-dealkylation sites (N-methyl/N-ethyl adjacent to an activating group) is 1. The molecule has 146 valence electrons. The highest BCUT2D eigenvalue weighted by molar-refractivity contribution is 7.21. The quantitative estimate of drug-likeness (QED) is 0.594. The van der Waals surface area contributed by atoms with Crippen LogP contribution < -0.4 is 4.74 Å². The van der Waals surface area contributed by atoms with Crippen LogP contribution in [0.2, 0.25) is 0 Å². The highest BCUT2D eigenvalue weighted by Crippen LogP contribution is 2.35. The van der Waals surface area contributed by atoms with Crippen LogP contribution in [0.3, 0.4) is 0 Å². The van der Waals surface area contributed by atoms with Gasteiger partial charge in [0.25, 0.3) is 5.91 Å². The van der Waals surface area contributed by atoms with Crippen LogP contribution in [0.25, 0.3) is 10.1 Å². The summed E-state index contributed by atoms with van der Waals surface area (Å²) in [6.45, 7) is 1.42. The lowest BCUT2D eigenvalue weighted by atomic mass is 10.1. The molecule has 2 aromatic carbocycles. The zero-order valence-electron chi connectivity index (χ0n) is 15.7. The minimum atomic E-state index is -0.332. The predicted octanol–water partition coefficient (Wildman–Crippen LogP) is 4.87. The third kappa shape index (κ3) is 3.88. The lowest BCUT2D eigenvalue weighted by Gasteiger charge is -2.21. The molecule has 28 heavy (non-hydrogen) atoms. The predicted molar refractivity (Wildman–Crippen MR) is 108 cm³/mol. The van der Waals surface area contributed by atoms with Gasteiger partial charge in [-0.2, -0.15) is 0 Å². The first kappa shape index (κ1) is 18.9. The topological polar surface area (TPSA) is 38.8 Å². The number of rotatable bonds is 6. The molecule has 1 fully saturated rings. The van der Waals surface area contributed by atoms with Crippen molar-refractivity contribution in [1.29, 1.82) is 0 Å². The third-order valence-electron chi connectivity index (χ3n) is 4.93. The molecule has 1 saturated heterocycles. The molecule has 0 saturated carbocycles. The third-order valence-corrected chi connectivity index (χ3v) is 6.12. The summed E-state index contributed by atoms with van der Waals surface area (Å²) in [4.78, 5) is 15.3. The average molecular weight is 399 g/mol. The van der Waals surface area contributed by atoms with Gasteiger partial charge in [0.05, 0.1) is 11.0 Å². The van der Waals surface area contributed by atoms with E-state index in [0.717, 1.165) is 24.1 Å². The lowest BCUT2D eigenvalue weighted by molar-refractivity contribution is 0.0589. The zero-order valence-corrected chi connectivity index (χ0v) is 16.5. The molecule has 2 heterocycles. The Bertz CT molecular complexity index is 967. The molecular weight excluding hydrogens is 377 g/mol. The van der Waals surface area contributed by atoms with Gasteiger partial charge in [0.15, 0.2) is 0 Å². The fraction of sp³-hybridized carbons (Fsp3) is 0.318. The van der Waals surface area contributed by atoms with Crippen LogP contribution in [0.5, 0.6) is 5.75 Å². The maximum Gasteiger partial charge on any atom is 0.264 e. The molecule has 1 aromatic heterocycles. The molecule has 4 nitrogen and oxygen atoms in total. The number of nitrogens with zero attached hydrogens (tertiary/aromatic N) is 1. The van der Waals surface area contributed by atoms with E-state index in [1.54, 1.807) is 18.0 Å². The van der Waals surface area contributed by atoms with Crippen molar-refractivity contribution < 1.29 is 18.7 Å². The summed E-state index contributed by atoms with van der Waals surface area (Å²) in [6, 6.07) is 14.3. The summed E-state index contributed by atoms with van der Waals surface area (Å²) in [7, 11) is 1.77. The average Bonchev–Trinajstić information content (AvgIpc) is 3.35. The number of carbonyl (C=O) groups excluding carboxylic acids is 1. The van der Waals surface area contributed by atoms with Crippen molar-refractivity contribution in [3.05, 3.63) is 64.8 Å². The van der Waals surface area contributed by atoms with E-state index in [4.69, 9.17) is 9.47 Å². The van der Waals surface area contributed by atoms with Crippen molar-refractivity contribution >= 4 is 27.3 Å². The minimum absolute atomic E-state index is 0.0732. The normalized spacial score (nSPS) is 16.4. The van der Waals surface area contributed by atoms with Crippen molar-refractivity contribution in [2.24, 2.45) is 0 Å². The number of carbonyl (C=O) groups is 1. The number of fused-ring (bicyclic) bond motifs is 1. The second-order valence-corrected chi connectivity index (χ2v) is 8.00. The number of hydrogen-bond acceptors (Lipinski definition) is 4. The molecule has 1 unspecified atom stereocenters. The monoisotopic (exact) mass is 399 g/mol. The number of halogens is 1. The molecule has 3 aromatic rings. The van der Waals surface area contributed by atoms with E-state index in [2.05, 4.69) is 0 Å². The van der Waals surface area contributed by atoms with Crippen molar-refractivity contribution in [3.63, 3.8) is 0 Å². The highest BCUT2D eigenvalue weighted by atomic mass is 32.1. The van der Waals surface area contributed by atoms with E-state index < -0.39 is 0 Å². The molecule has 6 heteroatoms. The number of ether oxygens (including phenoxy) is 2. The van der Waals surface area contributed by atoms with Gasteiger partial charge in [-0.3, -0.25) is 4.79 Å². The van der Waals surface area contributed by atoms with Crippen LogP contribution >= 0.6 is 11.3 Å². The molecule has 0 bridgehead atoms. The first-order chi connectivity index (χ1) is 13.6. The summed E-state index contributed by atoms with van der Waals surface area (Å²) in [5.41, 5.74) is 0.603. The number of para-hydroxylation sites is 1. The molecular formula is C22H22FNO3S. The van der Waals surface area contributed by atoms with E-state index in [-0.39, 0.29) is 24.4 Å². The molecule has 0 aliphatic carbocycles. The van der Waals surface area contributed by atoms with Crippen LogP contribution in [0.1, 0.15) is 28.1 Å². The molecule has 1 aliphatic heterocycles. The Balaban J connectivity index is 1.64. The number of benzene rings is 2. The molecule has 1 aliphatic rings. The summed E-state index contributed by atoms with van der Waals surface area (Å²) in [5, 5.41) is 0.470. The summed E-state index contributed by atoms with van der Waals surface area (Å²) >= 11 is 1.32. The molecule has 1 atom stereocenters. The maximum absolute atomic E-state index is 14.6. The van der Waals surface area contributed by atoms with Crippen LogP contribution in [-0.2, 0) is 11.3 Å². The van der Waals surface area contributed by atoms with Crippen LogP contribution in [0.4, 0.5) is 4.39 Å². The van der Waals surface area contributed by atoms with Gasteiger partial charge in [0, 0.05) is 35.8 Å². The van der Waals surface area contributed by atoms with Crippen LogP contribution in [0.15, 0.2) is 48.5 Å². The van der Waals surface area contributed by atoms with E-state index in [0.29, 0.717) is 28.1 Å². The van der Waals surface area contributed by atoms with Gasteiger partial charge in [-0.1, -0.05) is 24.3 Å². The Morgan fingerprint density at radius 2 is 2.07 bits per heavy atom.